The van der Waals surface area contributed by atoms with Gasteiger partial charge < -0.3 is 10.0 Å². The number of aliphatic hydroxyl groups is 1. The molecule has 1 amide bonds. The highest BCUT2D eigenvalue weighted by Gasteiger charge is 2.65. The highest BCUT2D eigenvalue weighted by Crippen LogP contribution is 2.54. The molecule has 0 saturated carbocycles. The molecule has 1 spiro atoms. The molecule has 4 rings (SSSR count). The van der Waals surface area contributed by atoms with Crippen LogP contribution in [0, 0.1) is 5.82 Å². The van der Waals surface area contributed by atoms with E-state index in [0.29, 0.717) is 25.2 Å². The van der Waals surface area contributed by atoms with Crippen LogP contribution in [0.3, 0.4) is 0 Å². The Kier molecular flexibility index (Phi) is 4.29. The lowest BCUT2D eigenvalue weighted by Crippen LogP contribution is -2.84. The first-order chi connectivity index (χ1) is 12.6. The molecular weight excluding hydrogens is 331 g/mol. The number of halogens is 1. The second kappa shape index (κ2) is 6.49. The number of hydrogen-bond donors (Lipinski definition) is 1. The van der Waals surface area contributed by atoms with Crippen molar-refractivity contribution >= 4 is 5.91 Å². The molecule has 4 nitrogen and oxygen atoms in total. The number of nitrogens with zero attached hydrogens (tertiary/aromatic N) is 2. The molecule has 2 aliphatic heterocycles. The minimum atomic E-state index is -0.233. The molecule has 26 heavy (non-hydrogen) atoms. The molecule has 5 heteroatoms. The summed E-state index contributed by atoms with van der Waals surface area (Å²) in [5.41, 5.74) is 1.56. The number of likely N-dealkylation sites (tertiary alicyclic amines) is 2. The van der Waals surface area contributed by atoms with Crippen LogP contribution >= 0.6 is 0 Å². The zero-order chi connectivity index (χ0) is 18.3. The molecule has 2 heterocycles. The fraction of sp³-hybridized carbons (Fsp3) is 0.381. The summed E-state index contributed by atoms with van der Waals surface area (Å²) >= 11 is 0. The number of hydrogen-bond acceptors (Lipinski definition) is 3. The predicted molar refractivity (Wildman–Crippen MR) is 97.0 cm³/mol. The molecule has 136 valence electrons. The van der Waals surface area contributed by atoms with Crippen molar-refractivity contribution in [1.82, 2.24) is 9.80 Å². The quantitative estimate of drug-likeness (QED) is 0.917. The van der Waals surface area contributed by atoms with Gasteiger partial charge in [-0.05, 0) is 11.6 Å². The monoisotopic (exact) mass is 354 g/mol. The fourth-order valence-corrected chi connectivity index (χ4v) is 4.66. The van der Waals surface area contributed by atoms with Gasteiger partial charge >= 0.3 is 0 Å². The van der Waals surface area contributed by atoms with Crippen LogP contribution in [-0.2, 0) is 11.3 Å². The summed E-state index contributed by atoms with van der Waals surface area (Å²) in [7, 11) is 0. The van der Waals surface area contributed by atoms with Crippen LogP contribution in [0.4, 0.5) is 4.39 Å². The van der Waals surface area contributed by atoms with E-state index in [-0.39, 0.29) is 35.8 Å². The molecule has 0 aliphatic carbocycles. The van der Waals surface area contributed by atoms with Gasteiger partial charge in [0.1, 0.15) is 5.82 Å². The van der Waals surface area contributed by atoms with Gasteiger partial charge in [0.25, 0.3) is 0 Å². The molecule has 2 atom stereocenters. The molecular formula is C21H23FN2O2. The molecule has 0 bridgehead atoms. The Labute approximate surface area is 152 Å². The summed E-state index contributed by atoms with van der Waals surface area (Å²) in [6.45, 7) is 3.26. The van der Waals surface area contributed by atoms with Crippen LogP contribution in [0.15, 0.2) is 54.6 Å². The Hall–Kier alpha value is -2.24. The van der Waals surface area contributed by atoms with Crippen molar-refractivity contribution in [2.45, 2.75) is 31.0 Å². The first-order valence-electron chi connectivity index (χ1n) is 8.98. The van der Waals surface area contributed by atoms with Crippen molar-refractivity contribution in [2.24, 2.45) is 0 Å². The van der Waals surface area contributed by atoms with Crippen LogP contribution in [-0.4, -0.2) is 52.1 Å². The topological polar surface area (TPSA) is 43.8 Å². The maximum absolute atomic E-state index is 14.2. The lowest BCUT2D eigenvalue weighted by atomic mass is 9.60. The largest absolute Gasteiger partial charge is 0.395 e. The third kappa shape index (κ3) is 2.54. The lowest BCUT2D eigenvalue weighted by Gasteiger charge is -2.70. The third-order valence-corrected chi connectivity index (χ3v) is 5.95. The average molecular weight is 354 g/mol. The van der Waals surface area contributed by atoms with E-state index in [1.165, 1.54) is 11.6 Å². The first-order valence-corrected chi connectivity index (χ1v) is 8.98. The summed E-state index contributed by atoms with van der Waals surface area (Å²) in [6.07, 6.45) is 0. The summed E-state index contributed by atoms with van der Waals surface area (Å²) in [5, 5.41) is 10.0. The number of aliphatic hydroxyl groups excluding tert-OH is 1. The zero-order valence-electron chi connectivity index (χ0n) is 14.8. The Morgan fingerprint density at radius 2 is 1.81 bits per heavy atom. The molecule has 2 aromatic rings. The number of rotatable bonds is 4. The fourth-order valence-electron chi connectivity index (χ4n) is 4.66. The van der Waals surface area contributed by atoms with E-state index in [4.69, 9.17) is 0 Å². The molecule has 0 aromatic heterocycles. The van der Waals surface area contributed by atoms with Crippen molar-refractivity contribution in [3.05, 3.63) is 71.5 Å². The van der Waals surface area contributed by atoms with Crippen molar-refractivity contribution in [1.29, 1.82) is 0 Å². The molecule has 2 fully saturated rings. The smallest absolute Gasteiger partial charge is 0.219 e. The van der Waals surface area contributed by atoms with E-state index in [1.807, 2.05) is 29.2 Å². The van der Waals surface area contributed by atoms with Gasteiger partial charge in [-0.2, -0.15) is 0 Å². The number of amides is 1. The van der Waals surface area contributed by atoms with Crippen LogP contribution in [0.5, 0.6) is 0 Å². The van der Waals surface area contributed by atoms with E-state index in [1.54, 1.807) is 19.1 Å². The van der Waals surface area contributed by atoms with Gasteiger partial charge in [0.2, 0.25) is 5.91 Å². The van der Waals surface area contributed by atoms with Gasteiger partial charge in [0.05, 0.1) is 12.1 Å². The standard InChI is InChI=1S/C21H23FN2O2/c1-15(26)23-13-21(14-23)20(16-7-3-2-4-8-16)19(12-25)24(21)11-17-9-5-6-10-18(17)22/h2-10,19-20,25H,11-14H2,1H3/t19-,20-/m1/s1. The van der Waals surface area contributed by atoms with Gasteiger partial charge in [-0.3, -0.25) is 9.69 Å². The Bertz CT molecular complexity index is 805. The van der Waals surface area contributed by atoms with E-state index >= 15 is 0 Å². The Balaban J connectivity index is 1.66. The highest BCUT2D eigenvalue weighted by atomic mass is 19.1. The summed E-state index contributed by atoms with van der Waals surface area (Å²) < 4.78 is 14.2. The van der Waals surface area contributed by atoms with E-state index < -0.39 is 0 Å². The predicted octanol–water partition coefficient (Wildman–Crippen LogP) is 2.39. The Morgan fingerprint density at radius 3 is 2.42 bits per heavy atom. The summed E-state index contributed by atoms with van der Waals surface area (Å²) in [5.74, 6) is -0.0398. The lowest BCUT2D eigenvalue weighted by molar-refractivity contribution is -0.199. The highest BCUT2D eigenvalue weighted by molar-refractivity contribution is 5.75. The number of benzene rings is 2. The zero-order valence-corrected chi connectivity index (χ0v) is 14.8. The van der Waals surface area contributed by atoms with E-state index in [2.05, 4.69) is 17.0 Å². The molecule has 2 aliphatic rings. The van der Waals surface area contributed by atoms with Crippen LogP contribution in [0.2, 0.25) is 0 Å². The first kappa shape index (κ1) is 17.2. The Morgan fingerprint density at radius 1 is 1.15 bits per heavy atom. The second-order valence-electron chi connectivity index (χ2n) is 7.34. The minimum absolute atomic E-state index is 0.00976. The molecule has 0 radical (unpaired) electrons. The summed E-state index contributed by atoms with van der Waals surface area (Å²) in [4.78, 5) is 15.8. The van der Waals surface area contributed by atoms with Gasteiger partial charge in [0, 0.05) is 44.1 Å². The van der Waals surface area contributed by atoms with Crippen LogP contribution < -0.4 is 0 Å². The van der Waals surface area contributed by atoms with Gasteiger partial charge in [-0.15, -0.1) is 0 Å². The maximum atomic E-state index is 14.2. The third-order valence-electron chi connectivity index (χ3n) is 5.95. The minimum Gasteiger partial charge on any atom is -0.395 e. The molecule has 1 N–H and O–H groups in total. The number of carbonyl (C=O) groups is 1. The van der Waals surface area contributed by atoms with E-state index in [9.17, 15) is 14.3 Å². The molecule has 2 saturated heterocycles. The van der Waals surface area contributed by atoms with Crippen molar-refractivity contribution in [3.8, 4) is 0 Å². The SMILES string of the molecule is CC(=O)N1CC2(C1)[C@H](c1ccccc1)[C@@H](CO)N2Cc1ccccc1F. The normalized spacial score (nSPS) is 24.2. The number of carbonyl (C=O) groups excluding carboxylic acids is 1. The van der Waals surface area contributed by atoms with E-state index in [0.717, 1.165) is 0 Å². The average Bonchev–Trinajstić information content (AvgIpc) is 2.59. The van der Waals surface area contributed by atoms with Gasteiger partial charge in [-0.25, -0.2) is 4.39 Å². The van der Waals surface area contributed by atoms with Gasteiger partial charge in [0.15, 0.2) is 0 Å². The second-order valence-corrected chi connectivity index (χ2v) is 7.34. The van der Waals surface area contributed by atoms with Crippen molar-refractivity contribution in [2.75, 3.05) is 19.7 Å². The van der Waals surface area contributed by atoms with Gasteiger partial charge in [-0.1, -0.05) is 48.5 Å². The summed E-state index contributed by atoms with van der Waals surface area (Å²) in [6, 6.07) is 16.8. The van der Waals surface area contributed by atoms with Crippen LogP contribution in [0.25, 0.3) is 0 Å². The maximum Gasteiger partial charge on any atom is 0.219 e. The van der Waals surface area contributed by atoms with Crippen molar-refractivity contribution < 1.29 is 14.3 Å². The van der Waals surface area contributed by atoms with Crippen LogP contribution in [0.1, 0.15) is 24.0 Å². The molecule has 0 unspecified atom stereocenters. The van der Waals surface area contributed by atoms with Crippen molar-refractivity contribution in [3.63, 3.8) is 0 Å². The molecule has 2 aromatic carbocycles.